The zero-order valence-corrected chi connectivity index (χ0v) is 13.2. The van der Waals surface area contributed by atoms with E-state index in [0.29, 0.717) is 16.5 Å². The minimum atomic E-state index is -1.06. The lowest BCUT2D eigenvalue weighted by Crippen LogP contribution is -2.34. The van der Waals surface area contributed by atoms with E-state index in [0.717, 1.165) is 25.9 Å². The first-order valence-electron chi connectivity index (χ1n) is 6.94. The quantitative estimate of drug-likeness (QED) is 0.675. The van der Waals surface area contributed by atoms with E-state index in [-0.39, 0.29) is 16.7 Å². The Balaban J connectivity index is 2.22. The van der Waals surface area contributed by atoms with Gasteiger partial charge in [0.1, 0.15) is 16.4 Å². The first kappa shape index (κ1) is 15.8. The van der Waals surface area contributed by atoms with Gasteiger partial charge >= 0.3 is 5.97 Å². The van der Waals surface area contributed by atoms with Crippen LogP contribution >= 0.6 is 11.8 Å². The third kappa shape index (κ3) is 3.53. The number of amides is 1. The molecule has 0 spiro atoms. The third-order valence-electron chi connectivity index (χ3n) is 3.44. The van der Waals surface area contributed by atoms with Crippen LogP contribution in [0.15, 0.2) is 5.03 Å². The number of carbonyl (C=O) groups is 2. The van der Waals surface area contributed by atoms with Gasteiger partial charge in [0.15, 0.2) is 0 Å². The van der Waals surface area contributed by atoms with Gasteiger partial charge in [-0.15, -0.1) is 0 Å². The van der Waals surface area contributed by atoms with E-state index in [1.54, 1.807) is 20.8 Å². The highest BCUT2D eigenvalue weighted by Gasteiger charge is 2.27. The van der Waals surface area contributed by atoms with E-state index in [1.165, 1.54) is 11.8 Å². The molecule has 114 valence electrons. The molecule has 6 nitrogen and oxygen atoms in total. The number of nitrogens with zero attached hydrogens (tertiary/aromatic N) is 3. The molecule has 1 aromatic heterocycles. The molecule has 1 aliphatic rings. The highest BCUT2D eigenvalue weighted by atomic mass is 32.2. The number of hydrogen-bond donors (Lipinski definition) is 1. The molecule has 0 aromatic carbocycles. The Bertz CT molecular complexity index is 571. The predicted molar refractivity (Wildman–Crippen MR) is 79.6 cm³/mol. The molecule has 2 heterocycles. The van der Waals surface area contributed by atoms with Crippen LogP contribution in [0.1, 0.15) is 41.6 Å². The number of likely N-dealkylation sites (tertiary alicyclic amines) is 1. The monoisotopic (exact) mass is 309 g/mol. The largest absolute Gasteiger partial charge is 0.478 e. The van der Waals surface area contributed by atoms with Gasteiger partial charge in [-0.1, -0.05) is 11.8 Å². The average Bonchev–Trinajstić information content (AvgIpc) is 2.89. The summed E-state index contributed by atoms with van der Waals surface area (Å²) in [4.78, 5) is 33.8. The summed E-state index contributed by atoms with van der Waals surface area (Å²) in [6.45, 7) is 6.74. The molecule has 2 rings (SSSR count). The van der Waals surface area contributed by atoms with Gasteiger partial charge in [0.05, 0.1) is 10.9 Å². The minimum absolute atomic E-state index is 0.0442. The first-order valence-corrected chi connectivity index (χ1v) is 7.82. The maximum absolute atomic E-state index is 12.3. The van der Waals surface area contributed by atoms with Gasteiger partial charge < -0.3 is 10.0 Å². The summed E-state index contributed by atoms with van der Waals surface area (Å²) in [5.41, 5.74) is 0.519. The smallest absolute Gasteiger partial charge is 0.340 e. The van der Waals surface area contributed by atoms with Gasteiger partial charge in [-0.3, -0.25) is 4.79 Å². The molecular formula is C14H19N3O3S. The van der Waals surface area contributed by atoms with Gasteiger partial charge in [0.25, 0.3) is 0 Å². The molecule has 0 radical (unpaired) electrons. The summed E-state index contributed by atoms with van der Waals surface area (Å²) in [5, 5.41) is 9.33. The molecule has 0 aliphatic carbocycles. The van der Waals surface area contributed by atoms with Crippen LogP contribution in [0, 0.1) is 13.8 Å². The second kappa shape index (κ2) is 6.43. The van der Waals surface area contributed by atoms with E-state index in [9.17, 15) is 14.7 Å². The molecule has 1 aromatic rings. The third-order valence-corrected chi connectivity index (χ3v) is 4.51. The summed E-state index contributed by atoms with van der Waals surface area (Å²) in [6.07, 6.45) is 2.07. The lowest BCUT2D eigenvalue weighted by Gasteiger charge is -2.20. The summed E-state index contributed by atoms with van der Waals surface area (Å²) in [6, 6.07) is 0. The Morgan fingerprint density at radius 3 is 2.43 bits per heavy atom. The number of aromatic nitrogens is 2. The molecule has 0 saturated carbocycles. The topological polar surface area (TPSA) is 83.4 Å². The summed E-state index contributed by atoms with van der Waals surface area (Å²) < 4.78 is 0. The van der Waals surface area contributed by atoms with E-state index in [4.69, 9.17) is 0 Å². The number of carbonyl (C=O) groups excluding carboxylic acids is 1. The minimum Gasteiger partial charge on any atom is -0.478 e. The fourth-order valence-electron chi connectivity index (χ4n) is 2.43. The molecule has 1 unspecified atom stereocenters. The summed E-state index contributed by atoms with van der Waals surface area (Å²) in [5.74, 6) is -0.501. The lowest BCUT2D eigenvalue weighted by molar-refractivity contribution is -0.129. The first-order chi connectivity index (χ1) is 9.90. The maximum atomic E-state index is 12.3. The number of rotatable bonds is 4. The Labute approximate surface area is 128 Å². The van der Waals surface area contributed by atoms with Crippen molar-refractivity contribution >= 4 is 23.6 Å². The van der Waals surface area contributed by atoms with Crippen molar-refractivity contribution in [3.63, 3.8) is 0 Å². The normalized spacial score (nSPS) is 16.0. The predicted octanol–water partition coefficient (Wildman–Crippen LogP) is 1.89. The molecular weight excluding hydrogens is 290 g/mol. The van der Waals surface area contributed by atoms with Crippen LogP contribution in [-0.2, 0) is 4.79 Å². The number of thioether (sulfide) groups is 1. The SMILES string of the molecule is Cc1nc(C)c(C(=O)O)c(SC(C)C(=O)N2CCCC2)n1. The Morgan fingerprint density at radius 2 is 1.86 bits per heavy atom. The Hall–Kier alpha value is -1.63. The van der Waals surface area contributed by atoms with Crippen molar-refractivity contribution in [2.24, 2.45) is 0 Å². The van der Waals surface area contributed by atoms with Crippen LogP contribution < -0.4 is 0 Å². The van der Waals surface area contributed by atoms with Gasteiger partial charge in [-0.2, -0.15) is 0 Å². The van der Waals surface area contributed by atoms with Crippen molar-refractivity contribution in [1.29, 1.82) is 0 Å². The van der Waals surface area contributed by atoms with Gasteiger partial charge in [0.2, 0.25) is 5.91 Å². The average molecular weight is 309 g/mol. The van der Waals surface area contributed by atoms with Gasteiger partial charge in [0, 0.05) is 13.1 Å². The van der Waals surface area contributed by atoms with Crippen LogP contribution in [0.2, 0.25) is 0 Å². The molecule has 0 bridgehead atoms. The van der Waals surface area contributed by atoms with Crippen molar-refractivity contribution in [2.75, 3.05) is 13.1 Å². The lowest BCUT2D eigenvalue weighted by atomic mass is 10.2. The molecule has 1 saturated heterocycles. The van der Waals surface area contributed by atoms with Gasteiger partial charge in [-0.25, -0.2) is 14.8 Å². The van der Waals surface area contributed by atoms with E-state index >= 15 is 0 Å². The molecule has 1 N–H and O–H groups in total. The van der Waals surface area contributed by atoms with Crippen molar-refractivity contribution in [1.82, 2.24) is 14.9 Å². The molecule has 1 aliphatic heterocycles. The van der Waals surface area contributed by atoms with E-state index in [2.05, 4.69) is 9.97 Å². The highest BCUT2D eigenvalue weighted by molar-refractivity contribution is 8.00. The van der Waals surface area contributed by atoms with Crippen LogP contribution in [0.25, 0.3) is 0 Å². The maximum Gasteiger partial charge on any atom is 0.340 e. The number of aryl methyl sites for hydroxylation is 2. The summed E-state index contributed by atoms with van der Waals surface area (Å²) >= 11 is 1.20. The molecule has 21 heavy (non-hydrogen) atoms. The molecule has 1 amide bonds. The fourth-order valence-corrected chi connectivity index (χ4v) is 3.55. The number of carboxylic acids is 1. The Morgan fingerprint density at radius 1 is 1.24 bits per heavy atom. The molecule has 7 heteroatoms. The Kier molecular flexibility index (Phi) is 4.82. The second-order valence-electron chi connectivity index (χ2n) is 5.13. The van der Waals surface area contributed by atoms with E-state index in [1.807, 2.05) is 4.90 Å². The van der Waals surface area contributed by atoms with Crippen LogP contribution in [0.4, 0.5) is 0 Å². The van der Waals surface area contributed by atoms with Gasteiger partial charge in [-0.05, 0) is 33.6 Å². The number of carboxylic acid groups (broad SMARTS) is 1. The van der Waals surface area contributed by atoms with Crippen molar-refractivity contribution in [3.8, 4) is 0 Å². The van der Waals surface area contributed by atoms with Crippen LogP contribution in [-0.4, -0.2) is 50.2 Å². The zero-order valence-electron chi connectivity index (χ0n) is 12.4. The summed E-state index contributed by atoms with van der Waals surface area (Å²) in [7, 11) is 0. The highest BCUT2D eigenvalue weighted by Crippen LogP contribution is 2.28. The van der Waals surface area contributed by atoms with E-state index < -0.39 is 5.97 Å². The fraction of sp³-hybridized carbons (Fsp3) is 0.571. The number of aromatic carboxylic acids is 1. The second-order valence-corrected chi connectivity index (χ2v) is 6.46. The standard InChI is InChI=1S/C14H19N3O3S/c1-8-11(14(19)20)12(16-10(3)15-8)21-9(2)13(18)17-6-4-5-7-17/h9H,4-7H2,1-3H3,(H,19,20). The van der Waals surface area contributed by atoms with Crippen molar-refractivity contribution < 1.29 is 14.7 Å². The molecule has 1 atom stereocenters. The molecule has 1 fully saturated rings. The van der Waals surface area contributed by atoms with Crippen LogP contribution in [0.3, 0.4) is 0 Å². The number of hydrogen-bond acceptors (Lipinski definition) is 5. The van der Waals surface area contributed by atoms with Crippen molar-refractivity contribution in [3.05, 3.63) is 17.1 Å². The zero-order chi connectivity index (χ0) is 15.6. The van der Waals surface area contributed by atoms with Crippen molar-refractivity contribution in [2.45, 2.75) is 43.9 Å². The van der Waals surface area contributed by atoms with Crippen LogP contribution in [0.5, 0.6) is 0 Å².